The summed E-state index contributed by atoms with van der Waals surface area (Å²) in [5.74, 6) is 0.611. The van der Waals surface area contributed by atoms with Gasteiger partial charge in [-0.25, -0.2) is 0 Å². The summed E-state index contributed by atoms with van der Waals surface area (Å²) in [6, 6.07) is 0. The maximum atomic E-state index is 5.62. The summed E-state index contributed by atoms with van der Waals surface area (Å²) in [5.41, 5.74) is 12.2. The average molecular weight is 199 g/mol. The van der Waals surface area contributed by atoms with Crippen LogP contribution in [0.2, 0.25) is 5.28 Å². The van der Waals surface area contributed by atoms with Crippen LogP contribution in [-0.4, -0.2) is 19.5 Å². The Morgan fingerprint density at radius 1 is 1.23 bits per heavy atom. The molecule has 0 aliphatic carbocycles. The number of imidazole rings is 1. The molecule has 6 nitrogen and oxygen atoms in total. The van der Waals surface area contributed by atoms with Crippen molar-refractivity contribution >= 4 is 34.5 Å². The van der Waals surface area contributed by atoms with Crippen molar-refractivity contribution in [3.8, 4) is 0 Å². The van der Waals surface area contributed by atoms with E-state index in [2.05, 4.69) is 15.0 Å². The molecule has 68 valence electrons. The molecule has 0 aliphatic heterocycles. The van der Waals surface area contributed by atoms with Gasteiger partial charge in [0.15, 0.2) is 11.5 Å². The summed E-state index contributed by atoms with van der Waals surface area (Å²) in [5, 5.41) is 0.0723. The van der Waals surface area contributed by atoms with Gasteiger partial charge in [-0.2, -0.15) is 15.0 Å². The van der Waals surface area contributed by atoms with Crippen molar-refractivity contribution in [2.45, 2.75) is 0 Å². The lowest BCUT2D eigenvalue weighted by molar-refractivity contribution is 0.963. The molecule has 2 heterocycles. The first-order valence-electron chi connectivity index (χ1n) is 3.50. The predicted octanol–water partition coefficient (Wildman–Crippen LogP) is 0.181. The minimum absolute atomic E-state index is 0.0723. The van der Waals surface area contributed by atoms with Crippen LogP contribution < -0.4 is 11.5 Å². The van der Waals surface area contributed by atoms with Crippen molar-refractivity contribution in [2.75, 3.05) is 11.5 Å². The Kier molecular flexibility index (Phi) is 1.53. The smallest absolute Gasteiger partial charge is 0.226 e. The van der Waals surface area contributed by atoms with Gasteiger partial charge in [-0.05, 0) is 11.6 Å². The van der Waals surface area contributed by atoms with Crippen molar-refractivity contribution in [1.29, 1.82) is 0 Å². The topological polar surface area (TPSA) is 95.6 Å². The summed E-state index contributed by atoms with van der Waals surface area (Å²) < 4.78 is 1.61. The summed E-state index contributed by atoms with van der Waals surface area (Å²) >= 11 is 5.59. The van der Waals surface area contributed by atoms with Gasteiger partial charge in [0.1, 0.15) is 5.52 Å². The van der Waals surface area contributed by atoms with Crippen LogP contribution >= 0.6 is 11.6 Å². The number of nitrogens with two attached hydrogens (primary N) is 2. The van der Waals surface area contributed by atoms with Gasteiger partial charge in [0.2, 0.25) is 11.2 Å². The maximum Gasteiger partial charge on any atom is 0.226 e. The summed E-state index contributed by atoms with van der Waals surface area (Å²) in [6.45, 7) is 0. The van der Waals surface area contributed by atoms with Crippen LogP contribution in [0.25, 0.3) is 11.2 Å². The van der Waals surface area contributed by atoms with Crippen LogP contribution in [0.1, 0.15) is 0 Å². The maximum absolute atomic E-state index is 5.62. The van der Waals surface area contributed by atoms with E-state index in [1.165, 1.54) is 0 Å². The van der Waals surface area contributed by atoms with Gasteiger partial charge < -0.3 is 16.0 Å². The largest absolute Gasteiger partial charge is 0.382 e. The van der Waals surface area contributed by atoms with Gasteiger partial charge in [-0.1, -0.05) is 0 Å². The molecule has 0 fully saturated rings. The Bertz CT molecular complexity index is 475. The fourth-order valence-corrected chi connectivity index (χ4v) is 1.30. The molecule has 4 N–H and O–H groups in total. The van der Waals surface area contributed by atoms with Crippen molar-refractivity contribution in [2.24, 2.45) is 7.05 Å². The number of halogens is 1. The van der Waals surface area contributed by atoms with E-state index in [9.17, 15) is 0 Å². The van der Waals surface area contributed by atoms with E-state index in [-0.39, 0.29) is 11.1 Å². The monoisotopic (exact) mass is 198 g/mol. The Morgan fingerprint density at radius 3 is 2.62 bits per heavy atom. The molecule has 13 heavy (non-hydrogen) atoms. The standard InChI is InChI=1S/C6H7ClN6/c1-13-2-3(8)10-5(7)11-4(2)12-6(13)9/h1H3,(H4,8,9,10,11,12). The van der Waals surface area contributed by atoms with Crippen molar-refractivity contribution in [3.05, 3.63) is 5.28 Å². The summed E-state index contributed by atoms with van der Waals surface area (Å²) in [4.78, 5) is 11.6. The number of aryl methyl sites for hydroxylation is 1. The first-order valence-corrected chi connectivity index (χ1v) is 3.88. The van der Waals surface area contributed by atoms with E-state index in [1.807, 2.05) is 0 Å². The van der Waals surface area contributed by atoms with E-state index in [4.69, 9.17) is 23.1 Å². The number of anilines is 2. The van der Waals surface area contributed by atoms with Gasteiger partial charge in [-0.3, -0.25) is 0 Å². The molecule has 2 rings (SSSR count). The van der Waals surface area contributed by atoms with E-state index in [0.717, 1.165) is 0 Å². The lowest BCUT2D eigenvalue weighted by Crippen LogP contribution is -2.00. The second kappa shape index (κ2) is 2.46. The average Bonchev–Trinajstić information content (AvgIpc) is 2.27. The molecule has 0 atom stereocenters. The van der Waals surface area contributed by atoms with Gasteiger partial charge in [-0.15, -0.1) is 0 Å². The van der Waals surface area contributed by atoms with E-state index >= 15 is 0 Å². The van der Waals surface area contributed by atoms with Gasteiger partial charge >= 0.3 is 0 Å². The molecule has 2 aromatic rings. The molecule has 0 saturated carbocycles. The first-order chi connectivity index (χ1) is 6.09. The minimum atomic E-state index is 0.0723. The fraction of sp³-hybridized carbons (Fsp3) is 0.167. The quantitative estimate of drug-likeness (QED) is 0.589. The highest BCUT2D eigenvalue weighted by atomic mass is 35.5. The van der Waals surface area contributed by atoms with Crippen LogP contribution in [0.15, 0.2) is 0 Å². The number of nitrogen functional groups attached to an aromatic ring is 2. The molecule has 0 aliphatic rings. The lowest BCUT2D eigenvalue weighted by atomic mass is 10.5. The molecule has 7 heteroatoms. The van der Waals surface area contributed by atoms with Crippen LogP contribution in [0.5, 0.6) is 0 Å². The highest BCUT2D eigenvalue weighted by Gasteiger charge is 2.11. The normalized spacial score (nSPS) is 10.9. The Hall–Kier alpha value is -1.56. The Labute approximate surface area is 78.5 Å². The van der Waals surface area contributed by atoms with Crippen molar-refractivity contribution in [3.63, 3.8) is 0 Å². The number of aromatic nitrogens is 4. The van der Waals surface area contributed by atoms with E-state index in [1.54, 1.807) is 11.6 Å². The lowest BCUT2D eigenvalue weighted by Gasteiger charge is -1.98. The molecular formula is C6H7ClN6. The molecule has 0 spiro atoms. The highest BCUT2D eigenvalue weighted by molar-refractivity contribution is 6.28. The summed E-state index contributed by atoms with van der Waals surface area (Å²) in [7, 11) is 1.73. The van der Waals surface area contributed by atoms with E-state index < -0.39 is 0 Å². The molecule has 0 unspecified atom stereocenters. The predicted molar refractivity (Wildman–Crippen MR) is 50.1 cm³/mol. The number of nitrogens with zero attached hydrogens (tertiary/aromatic N) is 4. The van der Waals surface area contributed by atoms with Crippen molar-refractivity contribution in [1.82, 2.24) is 19.5 Å². The zero-order valence-corrected chi connectivity index (χ0v) is 7.58. The van der Waals surface area contributed by atoms with Crippen LogP contribution in [0.4, 0.5) is 11.8 Å². The Morgan fingerprint density at radius 2 is 1.92 bits per heavy atom. The zero-order valence-electron chi connectivity index (χ0n) is 6.82. The van der Waals surface area contributed by atoms with Crippen LogP contribution in [0.3, 0.4) is 0 Å². The molecule has 0 amide bonds. The molecule has 0 radical (unpaired) electrons. The third kappa shape index (κ3) is 1.06. The number of fused-ring (bicyclic) bond motifs is 1. The number of hydrogen-bond donors (Lipinski definition) is 2. The third-order valence-corrected chi connectivity index (χ3v) is 1.93. The molecule has 0 bridgehead atoms. The number of rotatable bonds is 0. The zero-order chi connectivity index (χ0) is 9.59. The second-order valence-electron chi connectivity index (χ2n) is 2.58. The number of hydrogen-bond acceptors (Lipinski definition) is 5. The van der Waals surface area contributed by atoms with Crippen LogP contribution in [0, 0.1) is 0 Å². The second-order valence-corrected chi connectivity index (χ2v) is 2.92. The molecule has 0 aromatic carbocycles. The summed E-state index contributed by atoms with van der Waals surface area (Å²) in [6.07, 6.45) is 0. The van der Waals surface area contributed by atoms with Gasteiger partial charge in [0.25, 0.3) is 0 Å². The first kappa shape index (κ1) is 8.06. The van der Waals surface area contributed by atoms with E-state index in [0.29, 0.717) is 17.1 Å². The van der Waals surface area contributed by atoms with Gasteiger partial charge in [0, 0.05) is 7.05 Å². The van der Waals surface area contributed by atoms with Crippen molar-refractivity contribution < 1.29 is 0 Å². The molecular weight excluding hydrogens is 192 g/mol. The van der Waals surface area contributed by atoms with Crippen LogP contribution in [-0.2, 0) is 7.05 Å². The minimum Gasteiger partial charge on any atom is -0.382 e. The SMILES string of the molecule is Cn1c(N)nc2nc(Cl)nc(N)c21. The molecule has 0 saturated heterocycles. The Balaban J connectivity index is 2.94. The van der Waals surface area contributed by atoms with Gasteiger partial charge in [0.05, 0.1) is 0 Å². The fourth-order valence-electron chi connectivity index (χ4n) is 1.13. The molecule has 2 aromatic heterocycles. The third-order valence-electron chi connectivity index (χ3n) is 1.76. The highest BCUT2D eigenvalue weighted by Crippen LogP contribution is 2.20.